The van der Waals surface area contributed by atoms with Crippen LogP contribution in [0.3, 0.4) is 0 Å². The molecule has 0 amide bonds. The van der Waals surface area contributed by atoms with Crippen molar-refractivity contribution in [2.45, 2.75) is 26.4 Å². The van der Waals surface area contributed by atoms with Crippen molar-refractivity contribution in [1.82, 2.24) is 0 Å². The molecule has 0 unspecified atom stereocenters. The summed E-state index contributed by atoms with van der Waals surface area (Å²) in [5.41, 5.74) is 3.00. The summed E-state index contributed by atoms with van der Waals surface area (Å²) in [5, 5.41) is 0. The number of rotatable bonds is 13. The molecular weight excluding hydrogens is 494 g/mol. The van der Waals surface area contributed by atoms with Gasteiger partial charge in [0.15, 0.2) is 0 Å². The summed E-state index contributed by atoms with van der Waals surface area (Å²) < 4.78 is 51.7. The lowest BCUT2D eigenvalue weighted by Crippen LogP contribution is -2.05. The van der Waals surface area contributed by atoms with Gasteiger partial charge in [-0.1, -0.05) is 121 Å². The van der Waals surface area contributed by atoms with Gasteiger partial charge in [0.05, 0.1) is 26.4 Å². The highest BCUT2D eigenvalue weighted by atomic mass is 32.1. The summed E-state index contributed by atoms with van der Waals surface area (Å²) in [6.45, 7) is -0.332. The molecule has 4 rings (SSSR count). The zero-order valence-corrected chi connectivity index (χ0v) is 21.5. The minimum atomic E-state index is -4.44. The Bertz CT molecular complexity index is 1090. The van der Waals surface area contributed by atoms with Gasteiger partial charge < -0.3 is 0 Å². The topological polar surface area (TPSA) is 71.1 Å². The van der Waals surface area contributed by atoms with Crippen molar-refractivity contribution in [3.63, 3.8) is 0 Å². The van der Waals surface area contributed by atoms with Crippen molar-refractivity contribution >= 4 is 14.6 Å². The van der Waals surface area contributed by atoms with Gasteiger partial charge >= 0.3 is 14.6 Å². The van der Waals surface area contributed by atoms with Gasteiger partial charge in [-0.3, -0.25) is 18.1 Å². The predicted octanol–water partition coefficient (Wildman–Crippen LogP) is 8.15. The molecule has 0 saturated heterocycles. The molecule has 0 spiro atoms. The van der Waals surface area contributed by atoms with E-state index in [1.165, 1.54) is 0 Å². The molecule has 0 aromatic heterocycles. The van der Waals surface area contributed by atoms with Gasteiger partial charge in [-0.05, 0) is 22.3 Å². The fraction of sp³-hybridized carbons (Fsp3) is 0.143. The Balaban J connectivity index is 1.62. The second-order valence-electron chi connectivity index (χ2n) is 7.97. The number of hydrogen-bond donors (Lipinski definition) is 0. The molecule has 8 heteroatoms. The third-order valence-corrected chi connectivity index (χ3v) is 10.9. The number of hydrogen-bond acceptors (Lipinski definition) is 6. The molecule has 6 nitrogen and oxygen atoms in total. The smallest absolute Gasteiger partial charge is 0.295 e. The first kappa shape index (κ1) is 26.2. The molecule has 0 aliphatic carbocycles. The second kappa shape index (κ2) is 12.9. The average molecular weight is 522 g/mol. The van der Waals surface area contributed by atoms with Gasteiger partial charge in [0.1, 0.15) is 0 Å². The zero-order chi connectivity index (χ0) is 25.1. The lowest BCUT2D eigenvalue weighted by Gasteiger charge is -2.26. The highest BCUT2D eigenvalue weighted by Crippen LogP contribution is 2.84. The van der Waals surface area contributed by atoms with Crippen molar-refractivity contribution in [1.29, 1.82) is 0 Å². The Kier molecular flexibility index (Phi) is 9.43. The lowest BCUT2D eigenvalue weighted by molar-refractivity contribution is 0.164. The first-order valence-electron chi connectivity index (χ1n) is 11.5. The molecule has 0 aliphatic heterocycles. The largest absolute Gasteiger partial charge is 0.441 e. The zero-order valence-electron chi connectivity index (χ0n) is 19.7. The first-order valence-corrected chi connectivity index (χ1v) is 15.3. The van der Waals surface area contributed by atoms with Crippen molar-refractivity contribution in [3.8, 4) is 0 Å². The van der Waals surface area contributed by atoms with Crippen LogP contribution in [0.5, 0.6) is 0 Å². The minimum Gasteiger partial charge on any atom is -0.295 e. The Labute approximate surface area is 211 Å². The van der Waals surface area contributed by atoms with Gasteiger partial charge in [-0.15, -0.1) is 0 Å². The SMILES string of the molecule is O=P(OCc1ccccc1)(OCc1ccccc1)P(=O)(OCc1ccccc1)OCc1ccccc1. The molecule has 4 aromatic rings. The van der Waals surface area contributed by atoms with Crippen LogP contribution < -0.4 is 0 Å². The predicted molar refractivity (Wildman–Crippen MR) is 140 cm³/mol. The third kappa shape index (κ3) is 7.35. The monoisotopic (exact) mass is 522 g/mol. The van der Waals surface area contributed by atoms with Crippen LogP contribution in [0.2, 0.25) is 0 Å². The van der Waals surface area contributed by atoms with E-state index in [0.29, 0.717) is 0 Å². The molecule has 0 bridgehead atoms. The third-order valence-electron chi connectivity index (χ3n) is 5.25. The van der Waals surface area contributed by atoms with Crippen LogP contribution in [0.25, 0.3) is 0 Å². The van der Waals surface area contributed by atoms with E-state index in [-0.39, 0.29) is 26.4 Å². The van der Waals surface area contributed by atoms with E-state index < -0.39 is 14.6 Å². The van der Waals surface area contributed by atoms with Crippen LogP contribution in [0.4, 0.5) is 0 Å². The lowest BCUT2D eigenvalue weighted by atomic mass is 10.2. The Morgan fingerprint density at radius 3 is 0.750 bits per heavy atom. The van der Waals surface area contributed by atoms with Gasteiger partial charge in [0.2, 0.25) is 0 Å². The maximum atomic E-state index is 14.3. The summed E-state index contributed by atoms with van der Waals surface area (Å²) in [7, 11) is -8.87. The molecule has 36 heavy (non-hydrogen) atoms. The van der Waals surface area contributed by atoms with Gasteiger partial charge in [-0.2, -0.15) is 0 Å². The van der Waals surface area contributed by atoms with Crippen LogP contribution in [-0.2, 0) is 53.7 Å². The quantitative estimate of drug-likeness (QED) is 0.165. The van der Waals surface area contributed by atoms with Gasteiger partial charge in [0.25, 0.3) is 0 Å². The van der Waals surface area contributed by atoms with E-state index in [9.17, 15) is 9.13 Å². The maximum Gasteiger partial charge on any atom is 0.441 e. The highest BCUT2D eigenvalue weighted by molar-refractivity contribution is 8.27. The summed E-state index contributed by atoms with van der Waals surface area (Å²) in [4.78, 5) is 0. The summed E-state index contributed by atoms with van der Waals surface area (Å²) in [5.74, 6) is 0. The van der Waals surface area contributed by atoms with E-state index in [2.05, 4.69) is 0 Å². The maximum absolute atomic E-state index is 14.3. The summed E-state index contributed by atoms with van der Waals surface area (Å²) in [6, 6.07) is 36.8. The van der Waals surface area contributed by atoms with Crippen LogP contribution in [-0.4, -0.2) is 0 Å². The molecule has 0 aliphatic rings. The normalized spacial score (nSPS) is 11.9. The van der Waals surface area contributed by atoms with Crippen molar-refractivity contribution in [2.24, 2.45) is 0 Å². The molecule has 0 atom stereocenters. The van der Waals surface area contributed by atoms with E-state index in [4.69, 9.17) is 18.1 Å². The molecule has 186 valence electrons. The molecule has 0 N–H and O–H groups in total. The van der Waals surface area contributed by atoms with E-state index in [0.717, 1.165) is 22.3 Å². The van der Waals surface area contributed by atoms with Crippen LogP contribution in [0.1, 0.15) is 22.3 Å². The van der Waals surface area contributed by atoms with Crippen LogP contribution >= 0.6 is 14.6 Å². The highest BCUT2D eigenvalue weighted by Gasteiger charge is 2.51. The minimum absolute atomic E-state index is 0.0830. The fourth-order valence-corrected chi connectivity index (χ4v) is 7.63. The van der Waals surface area contributed by atoms with Gasteiger partial charge in [-0.25, -0.2) is 9.13 Å². The molecule has 4 aromatic carbocycles. The van der Waals surface area contributed by atoms with Crippen LogP contribution in [0.15, 0.2) is 121 Å². The van der Waals surface area contributed by atoms with E-state index >= 15 is 0 Å². The molecule has 0 saturated carbocycles. The van der Waals surface area contributed by atoms with Crippen molar-refractivity contribution < 1.29 is 27.2 Å². The Morgan fingerprint density at radius 2 is 0.556 bits per heavy atom. The molecule has 0 fully saturated rings. The Morgan fingerprint density at radius 1 is 0.361 bits per heavy atom. The van der Waals surface area contributed by atoms with E-state index in [1.54, 1.807) is 0 Å². The molecule has 0 radical (unpaired) electrons. The van der Waals surface area contributed by atoms with Gasteiger partial charge in [0, 0.05) is 0 Å². The standard InChI is InChI=1S/C28H28O6P2/c29-35(31-21-25-13-5-1-6-14-25,32-22-26-15-7-2-8-16-26)36(30,33-23-27-17-9-3-10-18-27)34-24-28-19-11-4-12-20-28/h1-20H,21-24H2. The fourth-order valence-electron chi connectivity index (χ4n) is 3.28. The summed E-state index contributed by atoms with van der Waals surface area (Å²) >= 11 is 0. The number of benzene rings is 4. The molecular formula is C28H28O6P2. The summed E-state index contributed by atoms with van der Waals surface area (Å²) in [6.07, 6.45) is 0. The van der Waals surface area contributed by atoms with Crippen molar-refractivity contribution in [3.05, 3.63) is 144 Å². The molecule has 0 heterocycles. The first-order chi connectivity index (χ1) is 17.6. The van der Waals surface area contributed by atoms with Crippen molar-refractivity contribution in [2.75, 3.05) is 0 Å². The second-order valence-corrected chi connectivity index (χ2v) is 13.8. The Hall–Kier alpha value is -2.82. The van der Waals surface area contributed by atoms with Crippen LogP contribution in [0, 0.1) is 0 Å². The van der Waals surface area contributed by atoms with E-state index in [1.807, 2.05) is 121 Å². The average Bonchev–Trinajstić information content (AvgIpc) is 2.95.